The van der Waals surface area contributed by atoms with Gasteiger partial charge >= 0.3 is 0 Å². The van der Waals surface area contributed by atoms with Crippen LogP contribution in [-0.4, -0.2) is 17.3 Å². The van der Waals surface area contributed by atoms with Crippen LogP contribution in [0, 0.1) is 0 Å². The number of hydrogen-bond donors (Lipinski definition) is 2. The third-order valence-corrected chi connectivity index (χ3v) is 3.85. The lowest BCUT2D eigenvalue weighted by Gasteiger charge is -2.26. The second kappa shape index (κ2) is 6.39. The first-order valence-electron chi connectivity index (χ1n) is 7.22. The molecule has 1 aliphatic carbocycles. The van der Waals surface area contributed by atoms with E-state index in [-0.39, 0.29) is 0 Å². The molecule has 3 nitrogen and oxygen atoms in total. The van der Waals surface area contributed by atoms with Gasteiger partial charge in [-0.15, -0.1) is 0 Å². The smallest absolute Gasteiger partial charge is 0.117 e. The van der Waals surface area contributed by atoms with Gasteiger partial charge in [-0.2, -0.15) is 0 Å². The molecule has 1 aromatic rings. The zero-order valence-corrected chi connectivity index (χ0v) is 11.4. The molecular weight excluding hydrogens is 226 g/mol. The van der Waals surface area contributed by atoms with Crippen LogP contribution in [0.3, 0.4) is 0 Å². The topological polar surface area (TPSA) is 45.4 Å². The van der Waals surface area contributed by atoms with Crippen LogP contribution in [0.15, 0.2) is 16.5 Å². The Balaban J connectivity index is 1.76. The van der Waals surface area contributed by atoms with Crippen molar-refractivity contribution in [2.24, 2.45) is 0 Å². The quantitative estimate of drug-likeness (QED) is 0.791. The maximum absolute atomic E-state index is 10.5. The summed E-state index contributed by atoms with van der Waals surface area (Å²) in [6, 6.07) is 4.04. The SMILES string of the molecule is CCc1ccc(CNCC2(O)CCCCCC2)o1. The van der Waals surface area contributed by atoms with Gasteiger partial charge in [0.15, 0.2) is 0 Å². The average Bonchev–Trinajstić information content (AvgIpc) is 2.71. The Labute approximate surface area is 110 Å². The van der Waals surface area contributed by atoms with Crippen LogP contribution in [0.5, 0.6) is 0 Å². The lowest BCUT2D eigenvalue weighted by atomic mass is 9.94. The van der Waals surface area contributed by atoms with Gasteiger partial charge in [-0.1, -0.05) is 32.6 Å². The number of rotatable bonds is 5. The van der Waals surface area contributed by atoms with Gasteiger partial charge in [0.25, 0.3) is 0 Å². The van der Waals surface area contributed by atoms with Crippen LogP contribution in [0.25, 0.3) is 0 Å². The van der Waals surface area contributed by atoms with Crippen LogP contribution in [0.4, 0.5) is 0 Å². The van der Waals surface area contributed by atoms with Gasteiger partial charge in [0.2, 0.25) is 0 Å². The first-order chi connectivity index (χ1) is 8.72. The maximum atomic E-state index is 10.5. The first kappa shape index (κ1) is 13.6. The molecule has 1 heterocycles. The van der Waals surface area contributed by atoms with Crippen LogP contribution in [0.1, 0.15) is 57.0 Å². The second-order valence-electron chi connectivity index (χ2n) is 5.46. The van der Waals surface area contributed by atoms with Gasteiger partial charge in [-0.3, -0.25) is 0 Å². The van der Waals surface area contributed by atoms with E-state index >= 15 is 0 Å². The van der Waals surface area contributed by atoms with Gasteiger partial charge < -0.3 is 14.8 Å². The van der Waals surface area contributed by atoms with Gasteiger partial charge in [-0.05, 0) is 25.0 Å². The van der Waals surface area contributed by atoms with E-state index in [1.165, 1.54) is 12.8 Å². The molecule has 1 fully saturated rings. The maximum Gasteiger partial charge on any atom is 0.117 e. The molecule has 0 saturated heterocycles. The lowest BCUT2D eigenvalue weighted by molar-refractivity contribution is 0.0247. The van der Waals surface area contributed by atoms with Crippen molar-refractivity contribution in [2.75, 3.05) is 6.54 Å². The highest BCUT2D eigenvalue weighted by atomic mass is 16.3. The van der Waals surface area contributed by atoms with Gasteiger partial charge in [-0.25, -0.2) is 0 Å². The third-order valence-electron chi connectivity index (χ3n) is 3.85. The monoisotopic (exact) mass is 251 g/mol. The Hall–Kier alpha value is -0.800. The van der Waals surface area contributed by atoms with E-state index in [1.807, 2.05) is 12.1 Å². The van der Waals surface area contributed by atoms with E-state index in [0.717, 1.165) is 43.6 Å². The van der Waals surface area contributed by atoms with Crippen molar-refractivity contribution in [2.45, 2.75) is 64.0 Å². The second-order valence-corrected chi connectivity index (χ2v) is 5.46. The van der Waals surface area contributed by atoms with E-state index in [0.29, 0.717) is 13.1 Å². The summed E-state index contributed by atoms with van der Waals surface area (Å²) < 4.78 is 5.64. The van der Waals surface area contributed by atoms with Gasteiger partial charge in [0, 0.05) is 13.0 Å². The molecule has 0 atom stereocenters. The van der Waals surface area contributed by atoms with Gasteiger partial charge in [0.1, 0.15) is 11.5 Å². The summed E-state index contributed by atoms with van der Waals surface area (Å²) in [4.78, 5) is 0. The van der Waals surface area contributed by atoms with Crippen molar-refractivity contribution in [3.8, 4) is 0 Å². The van der Waals surface area contributed by atoms with E-state index < -0.39 is 5.60 Å². The molecule has 1 aliphatic rings. The van der Waals surface area contributed by atoms with Crippen LogP contribution >= 0.6 is 0 Å². The lowest BCUT2D eigenvalue weighted by Crippen LogP contribution is -2.39. The molecule has 0 bridgehead atoms. The minimum absolute atomic E-state index is 0.503. The summed E-state index contributed by atoms with van der Waals surface area (Å²) in [5.41, 5.74) is -0.503. The molecule has 2 rings (SSSR count). The molecule has 1 aromatic heterocycles. The van der Waals surface area contributed by atoms with Crippen molar-refractivity contribution >= 4 is 0 Å². The predicted molar refractivity (Wildman–Crippen MR) is 72.4 cm³/mol. The molecule has 2 N–H and O–H groups in total. The summed E-state index contributed by atoms with van der Waals surface area (Å²) in [6.45, 7) is 3.47. The molecule has 0 aliphatic heterocycles. The molecule has 0 unspecified atom stereocenters. The fourth-order valence-corrected chi connectivity index (χ4v) is 2.69. The standard InChI is InChI=1S/C15H25NO2/c1-2-13-7-8-14(18-13)11-16-12-15(17)9-5-3-4-6-10-15/h7-8,16-17H,2-6,9-12H2,1H3. The highest BCUT2D eigenvalue weighted by molar-refractivity contribution is 5.06. The number of furan rings is 1. The van der Waals surface area contributed by atoms with Crippen molar-refractivity contribution in [3.05, 3.63) is 23.7 Å². The summed E-state index contributed by atoms with van der Waals surface area (Å²) >= 11 is 0. The summed E-state index contributed by atoms with van der Waals surface area (Å²) in [5, 5.41) is 13.8. The average molecular weight is 251 g/mol. The Morgan fingerprint density at radius 1 is 1.17 bits per heavy atom. The summed E-state index contributed by atoms with van der Waals surface area (Å²) in [6.07, 6.45) is 7.62. The summed E-state index contributed by atoms with van der Waals surface area (Å²) in [5.74, 6) is 1.99. The molecule has 0 spiro atoms. The molecular formula is C15H25NO2. The molecule has 3 heteroatoms. The predicted octanol–water partition coefficient (Wildman–Crippen LogP) is 3.02. The van der Waals surface area contributed by atoms with Crippen molar-refractivity contribution in [1.29, 1.82) is 0 Å². The molecule has 0 amide bonds. The Morgan fingerprint density at radius 2 is 1.83 bits per heavy atom. The van der Waals surface area contributed by atoms with E-state index in [2.05, 4.69) is 12.2 Å². The highest BCUT2D eigenvalue weighted by Gasteiger charge is 2.27. The number of aliphatic hydroxyl groups is 1. The zero-order valence-electron chi connectivity index (χ0n) is 11.4. The van der Waals surface area contributed by atoms with Crippen molar-refractivity contribution < 1.29 is 9.52 Å². The first-order valence-corrected chi connectivity index (χ1v) is 7.22. The van der Waals surface area contributed by atoms with E-state index in [1.54, 1.807) is 0 Å². The Morgan fingerprint density at radius 3 is 2.44 bits per heavy atom. The van der Waals surface area contributed by atoms with E-state index in [9.17, 15) is 5.11 Å². The number of aryl methyl sites for hydroxylation is 1. The minimum Gasteiger partial charge on any atom is -0.465 e. The molecule has 18 heavy (non-hydrogen) atoms. The normalized spacial score (nSPS) is 19.7. The fourth-order valence-electron chi connectivity index (χ4n) is 2.69. The van der Waals surface area contributed by atoms with Crippen LogP contribution in [-0.2, 0) is 13.0 Å². The summed E-state index contributed by atoms with van der Waals surface area (Å²) in [7, 11) is 0. The Kier molecular flexibility index (Phi) is 4.84. The van der Waals surface area contributed by atoms with E-state index in [4.69, 9.17) is 4.42 Å². The molecule has 0 aromatic carbocycles. The van der Waals surface area contributed by atoms with Crippen molar-refractivity contribution in [3.63, 3.8) is 0 Å². The zero-order chi connectivity index (χ0) is 12.8. The molecule has 1 saturated carbocycles. The molecule has 102 valence electrons. The largest absolute Gasteiger partial charge is 0.465 e. The third kappa shape index (κ3) is 3.85. The Bertz CT molecular complexity index is 351. The number of nitrogens with one attached hydrogen (secondary N) is 1. The van der Waals surface area contributed by atoms with Crippen molar-refractivity contribution in [1.82, 2.24) is 5.32 Å². The fraction of sp³-hybridized carbons (Fsp3) is 0.733. The van der Waals surface area contributed by atoms with Gasteiger partial charge in [0.05, 0.1) is 12.1 Å². The molecule has 0 radical (unpaired) electrons. The van der Waals surface area contributed by atoms with Crippen LogP contribution in [0.2, 0.25) is 0 Å². The minimum atomic E-state index is -0.503. The number of hydrogen-bond acceptors (Lipinski definition) is 3. The van der Waals surface area contributed by atoms with Crippen LogP contribution < -0.4 is 5.32 Å². The highest BCUT2D eigenvalue weighted by Crippen LogP contribution is 2.26.